The SMILES string of the molecule is CCCNc1ncc(F)c(Oc2ccc(C)cc2Br)n1. The molecule has 0 atom stereocenters. The van der Waals surface area contributed by atoms with Crippen LogP contribution >= 0.6 is 15.9 Å². The van der Waals surface area contributed by atoms with Gasteiger partial charge in [0, 0.05) is 6.54 Å². The molecule has 0 fully saturated rings. The zero-order valence-electron chi connectivity index (χ0n) is 11.3. The third-order valence-corrected chi connectivity index (χ3v) is 3.16. The molecule has 1 aromatic carbocycles. The summed E-state index contributed by atoms with van der Waals surface area (Å²) < 4.78 is 19.9. The Labute approximate surface area is 125 Å². The predicted octanol–water partition coefficient (Wildman–Crippen LogP) is 4.30. The van der Waals surface area contributed by atoms with Gasteiger partial charge in [0.05, 0.1) is 10.7 Å². The Morgan fingerprint density at radius 2 is 2.20 bits per heavy atom. The van der Waals surface area contributed by atoms with Crippen molar-refractivity contribution in [3.63, 3.8) is 0 Å². The number of rotatable bonds is 5. The number of benzene rings is 1. The largest absolute Gasteiger partial charge is 0.435 e. The van der Waals surface area contributed by atoms with Gasteiger partial charge in [-0.3, -0.25) is 0 Å². The average Bonchev–Trinajstić information content (AvgIpc) is 2.42. The number of hydrogen-bond acceptors (Lipinski definition) is 4. The lowest BCUT2D eigenvalue weighted by atomic mass is 10.2. The van der Waals surface area contributed by atoms with Gasteiger partial charge in [-0.2, -0.15) is 9.37 Å². The van der Waals surface area contributed by atoms with Gasteiger partial charge in [0.1, 0.15) is 5.75 Å². The Morgan fingerprint density at radius 1 is 1.40 bits per heavy atom. The summed E-state index contributed by atoms with van der Waals surface area (Å²) in [6.45, 7) is 4.71. The van der Waals surface area contributed by atoms with Crippen LogP contribution in [0.15, 0.2) is 28.9 Å². The zero-order valence-corrected chi connectivity index (χ0v) is 12.9. The maximum atomic E-state index is 13.7. The second-order valence-corrected chi connectivity index (χ2v) is 5.16. The molecule has 0 aliphatic rings. The maximum Gasteiger partial charge on any atom is 0.260 e. The van der Waals surface area contributed by atoms with Crippen molar-refractivity contribution in [1.29, 1.82) is 0 Å². The molecular weight excluding hydrogens is 325 g/mol. The second-order valence-electron chi connectivity index (χ2n) is 4.31. The number of aromatic nitrogens is 2. The van der Waals surface area contributed by atoms with Gasteiger partial charge in [0.25, 0.3) is 5.88 Å². The Kier molecular flexibility index (Phi) is 4.89. The Balaban J connectivity index is 2.23. The molecule has 2 rings (SSSR count). The van der Waals surface area contributed by atoms with E-state index in [-0.39, 0.29) is 5.88 Å². The van der Waals surface area contributed by atoms with Crippen molar-refractivity contribution < 1.29 is 9.13 Å². The van der Waals surface area contributed by atoms with E-state index in [2.05, 4.69) is 31.2 Å². The molecule has 0 radical (unpaired) electrons. The molecule has 1 N–H and O–H groups in total. The number of ether oxygens (including phenoxy) is 1. The van der Waals surface area contributed by atoms with Crippen LogP contribution in [-0.4, -0.2) is 16.5 Å². The Bertz CT molecular complexity index is 607. The van der Waals surface area contributed by atoms with E-state index in [1.807, 2.05) is 26.0 Å². The molecule has 1 aromatic heterocycles. The second kappa shape index (κ2) is 6.65. The van der Waals surface area contributed by atoms with Crippen molar-refractivity contribution in [3.8, 4) is 11.6 Å². The monoisotopic (exact) mass is 339 g/mol. The third-order valence-electron chi connectivity index (χ3n) is 2.54. The number of aryl methyl sites for hydroxylation is 1. The minimum absolute atomic E-state index is 0.0943. The van der Waals surface area contributed by atoms with E-state index in [9.17, 15) is 4.39 Å². The summed E-state index contributed by atoms with van der Waals surface area (Å²) in [6, 6.07) is 5.54. The minimum Gasteiger partial charge on any atom is -0.435 e. The van der Waals surface area contributed by atoms with E-state index in [1.54, 1.807) is 6.07 Å². The predicted molar refractivity (Wildman–Crippen MR) is 79.7 cm³/mol. The summed E-state index contributed by atoms with van der Waals surface area (Å²) in [4.78, 5) is 7.89. The topological polar surface area (TPSA) is 47.0 Å². The van der Waals surface area contributed by atoms with Gasteiger partial charge in [0.2, 0.25) is 11.8 Å². The molecule has 0 bridgehead atoms. The fourth-order valence-electron chi connectivity index (χ4n) is 1.54. The van der Waals surface area contributed by atoms with Crippen molar-refractivity contribution in [3.05, 3.63) is 40.2 Å². The number of halogens is 2. The van der Waals surface area contributed by atoms with E-state index in [4.69, 9.17) is 4.74 Å². The number of nitrogens with one attached hydrogen (secondary N) is 1. The lowest BCUT2D eigenvalue weighted by Crippen LogP contribution is -2.05. The molecule has 0 aliphatic heterocycles. The highest BCUT2D eigenvalue weighted by Gasteiger charge is 2.11. The molecule has 0 amide bonds. The van der Waals surface area contributed by atoms with E-state index in [1.165, 1.54) is 0 Å². The molecule has 0 unspecified atom stereocenters. The van der Waals surface area contributed by atoms with Gasteiger partial charge in [-0.05, 0) is 47.0 Å². The van der Waals surface area contributed by atoms with E-state index >= 15 is 0 Å². The van der Waals surface area contributed by atoms with Crippen LogP contribution in [0.25, 0.3) is 0 Å². The van der Waals surface area contributed by atoms with Gasteiger partial charge in [-0.25, -0.2) is 4.98 Å². The molecule has 0 spiro atoms. The molecule has 0 saturated heterocycles. The van der Waals surface area contributed by atoms with Crippen molar-refractivity contribution in [2.75, 3.05) is 11.9 Å². The van der Waals surface area contributed by atoms with Gasteiger partial charge in [-0.15, -0.1) is 0 Å². The van der Waals surface area contributed by atoms with Gasteiger partial charge in [0.15, 0.2) is 0 Å². The average molecular weight is 340 g/mol. The van der Waals surface area contributed by atoms with Crippen LogP contribution in [0, 0.1) is 12.7 Å². The quantitative estimate of drug-likeness (QED) is 0.882. The first-order valence-electron chi connectivity index (χ1n) is 6.30. The summed E-state index contributed by atoms with van der Waals surface area (Å²) in [5, 5.41) is 2.99. The smallest absolute Gasteiger partial charge is 0.260 e. The summed E-state index contributed by atoms with van der Waals surface area (Å²) in [5.74, 6) is 0.170. The molecule has 2 aromatic rings. The number of nitrogens with zero attached hydrogens (tertiary/aromatic N) is 2. The first-order chi connectivity index (χ1) is 9.60. The van der Waals surface area contributed by atoms with Crippen LogP contribution < -0.4 is 10.1 Å². The molecule has 6 heteroatoms. The fraction of sp³-hybridized carbons (Fsp3) is 0.286. The Morgan fingerprint density at radius 3 is 2.90 bits per heavy atom. The summed E-state index contributed by atoms with van der Waals surface area (Å²) in [6.07, 6.45) is 2.03. The maximum absolute atomic E-state index is 13.7. The van der Waals surface area contributed by atoms with Crippen molar-refractivity contribution >= 4 is 21.9 Å². The first-order valence-corrected chi connectivity index (χ1v) is 7.10. The van der Waals surface area contributed by atoms with Crippen LogP contribution in [0.3, 0.4) is 0 Å². The lowest BCUT2D eigenvalue weighted by Gasteiger charge is -2.09. The first kappa shape index (κ1) is 14.7. The standard InChI is InChI=1S/C14H15BrFN3O/c1-3-6-17-14-18-8-11(16)13(19-14)20-12-5-4-9(2)7-10(12)15/h4-5,7-8H,3,6H2,1-2H3,(H,17,18,19). The van der Waals surface area contributed by atoms with E-state index in [0.29, 0.717) is 11.7 Å². The van der Waals surface area contributed by atoms with Crippen LogP contribution in [0.5, 0.6) is 11.6 Å². The van der Waals surface area contributed by atoms with E-state index < -0.39 is 5.82 Å². The molecule has 0 saturated carbocycles. The van der Waals surface area contributed by atoms with E-state index in [0.717, 1.165) is 29.2 Å². The normalized spacial score (nSPS) is 10.4. The molecular formula is C14H15BrFN3O. The number of anilines is 1. The molecule has 106 valence electrons. The Hall–Kier alpha value is -1.69. The van der Waals surface area contributed by atoms with Crippen molar-refractivity contribution in [2.24, 2.45) is 0 Å². The van der Waals surface area contributed by atoms with Gasteiger partial charge < -0.3 is 10.1 Å². The van der Waals surface area contributed by atoms with Crippen molar-refractivity contribution in [1.82, 2.24) is 9.97 Å². The molecule has 0 aliphatic carbocycles. The third kappa shape index (κ3) is 3.66. The van der Waals surface area contributed by atoms with Crippen LogP contribution in [-0.2, 0) is 0 Å². The van der Waals surface area contributed by atoms with Crippen LogP contribution in [0.2, 0.25) is 0 Å². The fourth-order valence-corrected chi connectivity index (χ4v) is 2.11. The summed E-state index contributed by atoms with van der Waals surface area (Å²) in [7, 11) is 0. The summed E-state index contributed by atoms with van der Waals surface area (Å²) >= 11 is 3.38. The lowest BCUT2D eigenvalue weighted by molar-refractivity contribution is 0.418. The molecule has 4 nitrogen and oxygen atoms in total. The molecule has 20 heavy (non-hydrogen) atoms. The summed E-state index contributed by atoms with van der Waals surface area (Å²) in [5.41, 5.74) is 1.08. The van der Waals surface area contributed by atoms with Gasteiger partial charge in [-0.1, -0.05) is 13.0 Å². The zero-order chi connectivity index (χ0) is 14.5. The highest BCUT2D eigenvalue weighted by Crippen LogP contribution is 2.30. The van der Waals surface area contributed by atoms with Crippen LogP contribution in [0.4, 0.5) is 10.3 Å². The van der Waals surface area contributed by atoms with Crippen LogP contribution in [0.1, 0.15) is 18.9 Å². The minimum atomic E-state index is -0.598. The highest BCUT2D eigenvalue weighted by atomic mass is 79.9. The number of hydrogen-bond donors (Lipinski definition) is 1. The highest BCUT2D eigenvalue weighted by molar-refractivity contribution is 9.10. The molecule has 1 heterocycles. The van der Waals surface area contributed by atoms with Gasteiger partial charge >= 0.3 is 0 Å². The van der Waals surface area contributed by atoms with Crippen molar-refractivity contribution in [2.45, 2.75) is 20.3 Å².